The molecule has 0 N–H and O–H groups in total. The number of aryl methyl sites for hydroxylation is 1. The van der Waals surface area contributed by atoms with Gasteiger partial charge in [0.2, 0.25) is 5.89 Å². The van der Waals surface area contributed by atoms with Gasteiger partial charge in [0.15, 0.2) is 6.10 Å². The van der Waals surface area contributed by atoms with Crippen LogP contribution >= 0.6 is 11.3 Å². The van der Waals surface area contributed by atoms with Gasteiger partial charge in [-0.15, -0.1) is 21.5 Å². The largest absolute Gasteiger partial charge is 0.448 e. The average molecular weight is 314 g/mol. The molecule has 0 bridgehead atoms. The van der Waals surface area contributed by atoms with Crippen LogP contribution in [0.5, 0.6) is 0 Å². The van der Waals surface area contributed by atoms with Crippen molar-refractivity contribution in [3.63, 3.8) is 0 Å². The van der Waals surface area contributed by atoms with Crippen LogP contribution in [0.1, 0.15) is 34.2 Å². The van der Waals surface area contributed by atoms with Gasteiger partial charge in [-0.2, -0.15) is 0 Å². The Morgan fingerprint density at radius 3 is 2.68 bits per heavy atom. The van der Waals surface area contributed by atoms with E-state index < -0.39 is 12.1 Å². The normalized spacial score (nSPS) is 12.1. The standard InChI is InChI=1S/C16H14N2O3S/c1-10-5-7-12(8-6-10)15-18-17-14(21-15)11(2)20-16(19)13-4-3-9-22-13/h3-9,11H,1-2H3/t11-/m0/s1. The van der Waals surface area contributed by atoms with Crippen molar-refractivity contribution in [1.29, 1.82) is 0 Å². The van der Waals surface area contributed by atoms with Crippen LogP contribution in [-0.2, 0) is 4.74 Å². The van der Waals surface area contributed by atoms with Crippen LogP contribution in [0.15, 0.2) is 46.2 Å². The van der Waals surface area contributed by atoms with E-state index in [2.05, 4.69) is 10.2 Å². The van der Waals surface area contributed by atoms with E-state index in [1.807, 2.05) is 36.6 Å². The van der Waals surface area contributed by atoms with Crippen molar-refractivity contribution in [2.75, 3.05) is 0 Å². The molecule has 22 heavy (non-hydrogen) atoms. The molecule has 0 unspecified atom stereocenters. The molecular weight excluding hydrogens is 300 g/mol. The highest BCUT2D eigenvalue weighted by Gasteiger charge is 2.20. The summed E-state index contributed by atoms with van der Waals surface area (Å²) < 4.78 is 10.9. The van der Waals surface area contributed by atoms with Crippen LogP contribution in [0, 0.1) is 6.92 Å². The Kier molecular flexibility index (Phi) is 4.02. The van der Waals surface area contributed by atoms with Gasteiger partial charge in [-0.25, -0.2) is 4.79 Å². The third kappa shape index (κ3) is 3.07. The molecular formula is C16H14N2O3S. The quantitative estimate of drug-likeness (QED) is 0.680. The van der Waals surface area contributed by atoms with Gasteiger partial charge in [-0.1, -0.05) is 23.8 Å². The van der Waals surface area contributed by atoms with Crippen LogP contribution in [0.4, 0.5) is 0 Å². The minimum atomic E-state index is -0.596. The fourth-order valence-corrected chi connectivity index (χ4v) is 2.48. The molecule has 112 valence electrons. The maximum atomic E-state index is 11.9. The number of rotatable bonds is 4. The minimum Gasteiger partial charge on any atom is -0.448 e. The van der Waals surface area contributed by atoms with E-state index in [1.165, 1.54) is 11.3 Å². The number of thiophene rings is 1. The number of hydrogen-bond donors (Lipinski definition) is 0. The number of ether oxygens (including phenoxy) is 1. The second-order valence-corrected chi connectivity index (χ2v) is 5.78. The fourth-order valence-electron chi connectivity index (χ4n) is 1.88. The Bertz CT molecular complexity index is 763. The van der Waals surface area contributed by atoms with E-state index in [1.54, 1.807) is 19.1 Å². The molecule has 2 aromatic heterocycles. The lowest BCUT2D eigenvalue weighted by molar-refractivity contribution is 0.0285. The third-order valence-corrected chi connectivity index (χ3v) is 3.94. The zero-order valence-electron chi connectivity index (χ0n) is 12.1. The molecule has 0 saturated heterocycles. The van der Waals surface area contributed by atoms with Gasteiger partial charge in [0.05, 0.1) is 0 Å². The van der Waals surface area contributed by atoms with Crippen molar-refractivity contribution in [3.05, 3.63) is 58.1 Å². The van der Waals surface area contributed by atoms with Gasteiger partial charge < -0.3 is 9.15 Å². The summed E-state index contributed by atoms with van der Waals surface area (Å²) >= 11 is 1.33. The van der Waals surface area contributed by atoms with Crippen molar-refractivity contribution in [3.8, 4) is 11.5 Å². The number of aromatic nitrogens is 2. The molecule has 0 saturated carbocycles. The summed E-state index contributed by atoms with van der Waals surface area (Å²) in [6, 6.07) is 11.3. The van der Waals surface area contributed by atoms with E-state index in [9.17, 15) is 4.79 Å². The van der Waals surface area contributed by atoms with Crippen molar-refractivity contribution in [2.45, 2.75) is 20.0 Å². The number of carbonyl (C=O) groups is 1. The Hall–Kier alpha value is -2.47. The van der Waals surface area contributed by atoms with Gasteiger partial charge in [-0.3, -0.25) is 0 Å². The van der Waals surface area contributed by atoms with E-state index in [-0.39, 0.29) is 5.89 Å². The molecule has 0 spiro atoms. The second-order valence-electron chi connectivity index (χ2n) is 4.84. The molecule has 1 atom stereocenters. The summed E-state index contributed by atoms with van der Waals surface area (Å²) in [6.07, 6.45) is -0.596. The van der Waals surface area contributed by atoms with E-state index in [4.69, 9.17) is 9.15 Å². The van der Waals surface area contributed by atoms with Crippen LogP contribution in [0.2, 0.25) is 0 Å². The molecule has 3 aromatic rings. The summed E-state index contributed by atoms with van der Waals surface area (Å²) in [5.74, 6) is 0.298. The predicted molar refractivity (Wildman–Crippen MR) is 82.6 cm³/mol. The zero-order valence-corrected chi connectivity index (χ0v) is 13.0. The Labute approximate surface area is 131 Å². The van der Waals surface area contributed by atoms with Gasteiger partial charge >= 0.3 is 5.97 Å². The summed E-state index contributed by atoms with van der Waals surface area (Å²) in [6.45, 7) is 3.72. The Balaban J connectivity index is 1.73. The Morgan fingerprint density at radius 1 is 1.23 bits per heavy atom. The van der Waals surface area contributed by atoms with Gasteiger partial charge in [-0.05, 0) is 37.4 Å². The molecule has 1 aromatic carbocycles. The lowest BCUT2D eigenvalue weighted by Crippen LogP contribution is -2.08. The number of esters is 1. The summed E-state index contributed by atoms with van der Waals surface area (Å²) in [7, 11) is 0. The predicted octanol–water partition coefficient (Wildman–Crippen LogP) is 4.02. The van der Waals surface area contributed by atoms with Crippen molar-refractivity contribution in [1.82, 2.24) is 10.2 Å². The highest BCUT2D eigenvalue weighted by molar-refractivity contribution is 7.11. The van der Waals surface area contributed by atoms with Crippen molar-refractivity contribution < 1.29 is 13.9 Å². The molecule has 3 rings (SSSR count). The molecule has 5 nitrogen and oxygen atoms in total. The molecule has 2 heterocycles. The number of carbonyl (C=O) groups excluding carboxylic acids is 1. The molecule has 6 heteroatoms. The first-order valence-corrected chi connectivity index (χ1v) is 7.66. The molecule has 0 aliphatic rings. The first-order chi connectivity index (χ1) is 10.6. The number of nitrogens with zero attached hydrogens (tertiary/aromatic N) is 2. The summed E-state index contributed by atoms with van der Waals surface area (Å²) in [4.78, 5) is 12.4. The van der Waals surface area contributed by atoms with Crippen molar-refractivity contribution in [2.24, 2.45) is 0 Å². The summed E-state index contributed by atoms with van der Waals surface area (Å²) in [5.41, 5.74) is 1.99. The second kappa shape index (κ2) is 6.11. The minimum absolute atomic E-state index is 0.278. The van der Waals surface area contributed by atoms with Gasteiger partial charge in [0.1, 0.15) is 4.88 Å². The highest BCUT2D eigenvalue weighted by atomic mass is 32.1. The third-order valence-electron chi connectivity index (χ3n) is 3.09. The maximum absolute atomic E-state index is 11.9. The first kappa shape index (κ1) is 14.5. The topological polar surface area (TPSA) is 65.2 Å². The summed E-state index contributed by atoms with van der Waals surface area (Å²) in [5, 5.41) is 9.78. The highest BCUT2D eigenvalue weighted by Crippen LogP contribution is 2.24. The lowest BCUT2D eigenvalue weighted by atomic mass is 10.1. The molecule has 0 aliphatic heterocycles. The van der Waals surface area contributed by atoms with Crippen LogP contribution in [0.25, 0.3) is 11.5 Å². The zero-order chi connectivity index (χ0) is 15.5. The Morgan fingerprint density at radius 2 is 2.00 bits per heavy atom. The monoisotopic (exact) mass is 314 g/mol. The molecule has 0 amide bonds. The first-order valence-electron chi connectivity index (χ1n) is 6.78. The average Bonchev–Trinajstić information content (AvgIpc) is 3.20. The van der Waals surface area contributed by atoms with E-state index >= 15 is 0 Å². The van der Waals surface area contributed by atoms with E-state index in [0.29, 0.717) is 10.8 Å². The molecule has 0 fully saturated rings. The van der Waals surface area contributed by atoms with Crippen LogP contribution < -0.4 is 0 Å². The number of benzene rings is 1. The smallest absolute Gasteiger partial charge is 0.349 e. The SMILES string of the molecule is Cc1ccc(-c2nnc([C@H](C)OC(=O)c3cccs3)o2)cc1. The van der Waals surface area contributed by atoms with Crippen molar-refractivity contribution >= 4 is 17.3 Å². The number of hydrogen-bond acceptors (Lipinski definition) is 6. The van der Waals surface area contributed by atoms with Crippen LogP contribution in [0.3, 0.4) is 0 Å². The molecule has 0 aliphatic carbocycles. The van der Waals surface area contributed by atoms with E-state index in [0.717, 1.165) is 11.1 Å². The maximum Gasteiger partial charge on any atom is 0.349 e. The lowest BCUT2D eigenvalue weighted by Gasteiger charge is -2.07. The van der Waals surface area contributed by atoms with Gasteiger partial charge in [0, 0.05) is 5.56 Å². The fraction of sp³-hybridized carbons (Fsp3) is 0.188. The van der Waals surface area contributed by atoms with Crippen LogP contribution in [-0.4, -0.2) is 16.2 Å². The van der Waals surface area contributed by atoms with Gasteiger partial charge in [0.25, 0.3) is 5.89 Å². The molecule has 0 radical (unpaired) electrons.